The van der Waals surface area contributed by atoms with E-state index in [1.165, 1.54) is 0 Å². The van der Waals surface area contributed by atoms with Gasteiger partial charge in [-0.05, 0) is 24.6 Å². The first-order valence-corrected chi connectivity index (χ1v) is 8.83. The maximum Gasteiger partial charge on any atom is 0.236 e. The Hall–Kier alpha value is -1.40. The lowest BCUT2D eigenvalue weighted by Crippen LogP contribution is -2.38. The Morgan fingerprint density at radius 3 is 2.57 bits per heavy atom. The Labute approximate surface area is 142 Å². The van der Waals surface area contributed by atoms with E-state index in [-0.39, 0.29) is 16.5 Å². The molecule has 1 aromatic rings. The minimum absolute atomic E-state index is 0.0197. The molecular weight excluding hydrogens is 312 g/mol. The van der Waals surface area contributed by atoms with Crippen LogP contribution in [0.25, 0.3) is 0 Å². The lowest BCUT2D eigenvalue weighted by molar-refractivity contribution is -0.129. The largest absolute Gasteiger partial charge is 0.493 e. The van der Waals surface area contributed by atoms with E-state index in [0.717, 1.165) is 12.1 Å². The molecule has 2 rings (SSSR count). The molecule has 1 amide bonds. The molecule has 1 heterocycles. The van der Waals surface area contributed by atoms with Crippen LogP contribution in [0.2, 0.25) is 0 Å². The van der Waals surface area contributed by atoms with Crippen LogP contribution in [0.3, 0.4) is 0 Å². The number of amides is 1. The quantitative estimate of drug-likeness (QED) is 0.828. The summed E-state index contributed by atoms with van der Waals surface area (Å²) in [5.74, 6) is 1.59. The van der Waals surface area contributed by atoms with Crippen LogP contribution in [0, 0.1) is 0 Å². The molecule has 0 bridgehead atoms. The summed E-state index contributed by atoms with van der Waals surface area (Å²) in [5.41, 5.74) is 1.06. The smallest absolute Gasteiger partial charge is 0.236 e. The van der Waals surface area contributed by atoms with Gasteiger partial charge in [0.15, 0.2) is 11.5 Å². The van der Waals surface area contributed by atoms with Gasteiger partial charge < -0.3 is 19.7 Å². The van der Waals surface area contributed by atoms with Crippen LogP contribution in [-0.4, -0.2) is 49.4 Å². The fourth-order valence-electron chi connectivity index (χ4n) is 2.64. The monoisotopic (exact) mass is 338 g/mol. The van der Waals surface area contributed by atoms with Gasteiger partial charge in [-0.3, -0.25) is 4.79 Å². The summed E-state index contributed by atoms with van der Waals surface area (Å²) in [6.07, 6.45) is 0. The van der Waals surface area contributed by atoms with E-state index in [1.807, 2.05) is 30.0 Å². The van der Waals surface area contributed by atoms with Crippen LogP contribution in [0.1, 0.15) is 31.7 Å². The van der Waals surface area contributed by atoms with Gasteiger partial charge in [0.2, 0.25) is 5.91 Å². The predicted octanol–water partition coefficient (Wildman–Crippen LogP) is 2.66. The summed E-state index contributed by atoms with van der Waals surface area (Å²) in [4.78, 5) is 14.4. The fraction of sp³-hybridized carbons (Fsp3) is 0.588. The molecule has 0 aromatic heterocycles. The van der Waals surface area contributed by atoms with Crippen molar-refractivity contribution in [1.82, 2.24) is 10.2 Å². The van der Waals surface area contributed by atoms with E-state index >= 15 is 0 Å². The summed E-state index contributed by atoms with van der Waals surface area (Å²) in [6.45, 7) is 7.68. The molecule has 6 heteroatoms. The molecule has 0 radical (unpaired) electrons. The van der Waals surface area contributed by atoms with E-state index < -0.39 is 0 Å². The van der Waals surface area contributed by atoms with Crippen molar-refractivity contribution in [2.45, 2.75) is 37.4 Å². The number of thioether (sulfide) groups is 1. The molecule has 128 valence electrons. The van der Waals surface area contributed by atoms with E-state index in [2.05, 4.69) is 19.2 Å². The Bertz CT molecular complexity index is 551. The Morgan fingerprint density at radius 2 is 1.96 bits per heavy atom. The van der Waals surface area contributed by atoms with Gasteiger partial charge in [-0.25, -0.2) is 0 Å². The minimum Gasteiger partial charge on any atom is -0.493 e. The van der Waals surface area contributed by atoms with Crippen molar-refractivity contribution in [3.05, 3.63) is 23.8 Å². The number of rotatable bonds is 7. The molecule has 1 N–H and O–H groups in total. The van der Waals surface area contributed by atoms with Crippen LogP contribution in [-0.2, 0) is 4.79 Å². The van der Waals surface area contributed by atoms with Gasteiger partial charge in [0.25, 0.3) is 0 Å². The number of nitrogens with one attached hydrogen (secondary N) is 1. The number of hydrogen-bond acceptors (Lipinski definition) is 5. The van der Waals surface area contributed by atoms with Crippen LogP contribution >= 0.6 is 11.8 Å². The maximum atomic E-state index is 12.5. The molecule has 1 fully saturated rings. The Balaban J connectivity index is 2.19. The summed E-state index contributed by atoms with van der Waals surface area (Å²) in [6, 6.07) is 6.28. The van der Waals surface area contributed by atoms with Gasteiger partial charge in [-0.15, -0.1) is 11.8 Å². The number of ether oxygens (including phenoxy) is 2. The molecule has 5 nitrogen and oxygen atoms in total. The number of nitrogens with zero attached hydrogens (tertiary/aromatic N) is 1. The highest BCUT2D eigenvalue weighted by molar-refractivity contribution is 8.01. The standard InChI is InChI=1S/C17H26N2O3S/c1-11(2)18-8-9-19-16(20)12(3)23-17(19)13-6-7-14(21-4)15(10-13)22-5/h6-7,10-12,17-18H,8-9H2,1-5H3/t12-,17-/m0/s1. The van der Waals surface area contributed by atoms with Gasteiger partial charge in [-0.2, -0.15) is 0 Å². The normalized spacial score (nSPS) is 21.1. The molecule has 23 heavy (non-hydrogen) atoms. The SMILES string of the molecule is COc1ccc([C@@H]2S[C@@H](C)C(=O)N2CCNC(C)C)cc1OC. The van der Waals surface area contributed by atoms with Crippen molar-refractivity contribution < 1.29 is 14.3 Å². The third-order valence-electron chi connectivity index (χ3n) is 3.84. The average molecular weight is 338 g/mol. The van der Waals surface area contributed by atoms with E-state index in [4.69, 9.17) is 9.47 Å². The van der Waals surface area contributed by atoms with Crippen LogP contribution in [0.15, 0.2) is 18.2 Å². The van der Waals surface area contributed by atoms with Crippen molar-refractivity contribution in [2.24, 2.45) is 0 Å². The highest BCUT2D eigenvalue weighted by atomic mass is 32.2. The molecule has 1 aromatic carbocycles. The van der Waals surface area contributed by atoms with Crippen molar-refractivity contribution in [3.8, 4) is 11.5 Å². The summed E-state index contributed by atoms with van der Waals surface area (Å²) in [5, 5.41) is 3.37. The number of carbonyl (C=O) groups is 1. The second-order valence-corrected chi connectivity index (χ2v) is 7.31. The molecule has 1 aliphatic rings. The van der Waals surface area contributed by atoms with Crippen LogP contribution in [0.5, 0.6) is 11.5 Å². The lowest BCUT2D eigenvalue weighted by atomic mass is 10.1. The van der Waals surface area contributed by atoms with Crippen LogP contribution < -0.4 is 14.8 Å². The first-order chi connectivity index (χ1) is 11.0. The van der Waals surface area contributed by atoms with Crippen LogP contribution in [0.4, 0.5) is 0 Å². The van der Waals surface area contributed by atoms with Crippen molar-refractivity contribution in [3.63, 3.8) is 0 Å². The molecule has 0 aliphatic carbocycles. The third kappa shape index (κ3) is 4.12. The second kappa shape index (κ2) is 7.93. The zero-order chi connectivity index (χ0) is 17.0. The van der Waals surface area contributed by atoms with Gasteiger partial charge >= 0.3 is 0 Å². The number of methoxy groups -OCH3 is 2. The van der Waals surface area contributed by atoms with Gasteiger partial charge in [0.05, 0.1) is 19.5 Å². The molecular formula is C17H26N2O3S. The predicted molar refractivity (Wildman–Crippen MR) is 94.2 cm³/mol. The van der Waals surface area contributed by atoms with Crippen molar-refractivity contribution in [2.75, 3.05) is 27.3 Å². The Morgan fingerprint density at radius 1 is 1.26 bits per heavy atom. The minimum atomic E-state index is -0.0212. The summed E-state index contributed by atoms with van der Waals surface area (Å²) >= 11 is 1.68. The molecule has 0 saturated carbocycles. The van der Waals surface area contributed by atoms with E-state index in [0.29, 0.717) is 24.1 Å². The second-order valence-electron chi connectivity index (χ2n) is 5.89. The first kappa shape index (κ1) is 17.9. The van der Waals surface area contributed by atoms with E-state index in [9.17, 15) is 4.79 Å². The zero-order valence-electron chi connectivity index (χ0n) is 14.5. The maximum absolute atomic E-state index is 12.5. The van der Waals surface area contributed by atoms with Gasteiger partial charge in [0, 0.05) is 19.1 Å². The van der Waals surface area contributed by atoms with Gasteiger partial charge in [-0.1, -0.05) is 19.9 Å². The molecule has 0 unspecified atom stereocenters. The summed E-state index contributed by atoms with van der Waals surface area (Å²) < 4.78 is 10.7. The number of carbonyl (C=O) groups excluding carboxylic acids is 1. The fourth-order valence-corrected chi connectivity index (χ4v) is 3.94. The topological polar surface area (TPSA) is 50.8 Å². The van der Waals surface area contributed by atoms with Crippen molar-refractivity contribution in [1.29, 1.82) is 0 Å². The summed E-state index contributed by atoms with van der Waals surface area (Å²) in [7, 11) is 3.25. The molecule has 1 saturated heterocycles. The number of benzene rings is 1. The zero-order valence-corrected chi connectivity index (χ0v) is 15.3. The average Bonchev–Trinajstić information content (AvgIpc) is 2.82. The highest BCUT2D eigenvalue weighted by Gasteiger charge is 2.38. The Kier molecular flexibility index (Phi) is 6.18. The molecule has 0 spiro atoms. The van der Waals surface area contributed by atoms with Crippen molar-refractivity contribution >= 4 is 17.7 Å². The number of hydrogen-bond donors (Lipinski definition) is 1. The highest BCUT2D eigenvalue weighted by Crippen LogP contribution is 2.44. The van der Waals surface area contributed by atoms with E-state index in [1.54, 1.807) is 26.0 Å². The lowest BCUT2D eigenvalue weighted by Gasteiger charge is -2.25. The first-order valence-electron chi connectivity index (χ1n) is 7.89. The molecule has 1 aliphatic heterocycles. The molecule has 2 atom stereocenters. The third-order valence-corrected chi connectivity index (χ3v) is 5.24. The van der Waals surface area contributed by atoms with Gasteiger partial charge in [0.1, 0.15) is 5.37 Å².